The van der Waals surface area contributed by atoms with Crippen molar-refractivity contribution in [3.05, 3.63) is 29.8 Å². The number of amides is 1. The molecular formula is C18H25N3O. The van der Waals surface area contributed by atoms with E-state index in [4.69, 9.17) is 0 Å². The standard InChI is InChI=1S/C18H25N3O/c1-18-11-5-4-6-15(18)16(18)17(22)20-19-12-13-7-9-14(10-8-13)21(2)3/h7-10,12,15-16H,4-6,11H2,1-3H3,(H,20,22)/b19-12-/t15-,16-,18+/m1/s1. The lowest BCUT2D eigenvalue weighted by Crippen LogP contribution is -2.22. The molecule has 0 radical (unpaired) electrons. The van der Waals surface area contributed by atoms with E-state index in [-0.39, 0.29) is 17.2 Å². The second kappa shape index (κ2) is 5.75. The number of hydrogen-bond donors (Lipinski definition) is 1. The molecule has 118 valence electrons. The van der Waals surface area contributed by atoms with Crippen LogP contribution in [0.4, 0.5) is 5.69 Å². The lowest BCUT2D eigenvalue weighted by Gasteiger charge is -2.15. The van der Waals surface area contributed by atoms with Crippen molar-refractivity contribution in [2.24, 2.45) is 22.4 Å². The zero-order chi connectivity index (χ0) is 15.7. The van der Waals surface area contributed by atoms with Gasteiger partial charge in [0.15, 0.2) is 0 Å². The number of nitrogens with zero attached hydrogens (tertiary/aromatic N) is 2. The van der Waals surface area contributed by atoms with Gasteiger partial charge in [-0.2, -0.15) is 5.10 Å². The molecule has 1 aromatic carbocycles. The highest BCUT2D eigenvalue weighted by Crippen LogP contribution is 2.66. The Labute approximate surface area is 132 Å². The Bertz CT molecular complexity index is 578. The fourth-order valence-corrected chi connectivity index (χ4v) is 3.95. The van der Waals surface area contributed by atoms with Crippen LogP contribution in [0.15, 0.2) is 29.4 Å². The summed E-state index contributed by atoms with van der Waals surface area (Å²) < 4.78 is 0. The molecule has 3 rings (SSSR count). The fraction of sp³-hybridized carbons (Fsp3) is 0.556. The molecule has 4 nitrogen and oxygen atoms in total. The summed E-state index contributed by atoms with van der Waals surface area (Å²) in [5.41, 5.74) is 5.11. The van der Waals surface area contributed by atoms with Crippen molar-refractivity contribution in [2.75, 3.05) is 19.0 Å². The van der Waals surface area contributed by atoms with Gasteiger partial charge in [-0.05, 0) is 41.9 Å². The summed E-state index contributed by atoms with van der Waals surface area (Å²) in [7, 11) is 4.03. The monoisotopic (exact) mass is 299 g/mol. The van der Waals surface area contributed by atoms with E-state index in [0.29, 0.717) is 5.92 Å². The quantitative estimate of drug-likeness (QED) is 0.686. The van der Waals surface area contributed by atoms with Crippen molar-refractivity contribution in [1.29, 1.82) is 0 Å². The van der Waals surface area contributed by atoms with E-state index in [0.717, 1.165) is 11.3 Å². The molecule has 2 aliphatic carbocycles. The average molecular weight is 299 g/mol. The molecule has 0 aromatic heterocycles. The third-order valence-electron chi connectivity index (χ3n) is 5.41. The van der Waals surface area contributed by atoms with E-state index in [9.17, 15) is 4.79 Å². The molecular weight excluding hydrogens is 274 g/mol. The van der Waals surface area contributed by atoms with Crippen LogP contribution in [-0.4, -0.2) is 26.2 Å². The van der Waals surface area contributed by atoms with Crippen molar-refractivity contribution < 1.29 is 4.79 Å². The highest BCUT2D eigenvalue weighted by molar-refractivity contribution is 5.86. The number of fused-ring (bicyclic) bond motifs is 1. The number of hydrazone groups is 1. The van der Waals surface area contributed by atoms with Crippen LogP contribution in [0.1, 0.15) is 38.2 Å². The van der Waals surface area contributed by atoms with Crippen molar-refractivity contribution >= 4 is 17.8 Å². The van der Waals surface area contributed by atoms with Gasteiger partial charge in [0.1, 0.15) is 0 Å². The van der Waals surface area contributed by atoms with Crippen molar-refractivity contribution in [1.82, 2.24) is 5.43 Å². The van der Waals surface area contributed by atoms with E-state index in [2.05, 4.69) is 22.4 Å². The molecule has 2 aliphatic rings. The van der Waals surface area contributed by atoms with Crippen LogP contribution >= 0.6 is 0 Å². The first-order valence-electron chi connectivity index (χ1n) is 8.13. The van der Waals surface area contributed by atoms with E-state index in [1.807, 2.05) is 38.4 Å². The van der Waals surface area contributed by atoms with Crippen LogP contribution in [0.3, 0.4) is 0 Å². The van der Waals surface area contributed by atoms with Gasteiger partial charge in [0.25, 0.3) is 0 Å². The van der Waals surface area contributed by atoms with Gasteiger partial charge in [-0.1, -0.05) is 31.9 Å². The Kier molecular flexibility index (Phi) is 3.94. The zero-order valence-corrected chi connectivity index (χ0v) is 13.7. The van der Waals surface area contributed by atoms with Crippen LogP contribution in [0.2, 0.25) is 0 Å². The normalized spacial score (nSPS) is 30.0. The second-order valence-corrected chi connectivity index (χ2v) is 7.06. The van der Waals surface area contributed by atoms with E-state index >= 15 is 0 Å². The van der Waals surface area contributed by atoms with Crippen LogP contribution < -0.4 is 10.3 Å². The number of nitrogens with one attached hydrogen (secondary N) is 1. The van der Waals surface area contributed by atoms with E-state index in [1.54, 1.807) is 6.21 Å². The summed E-state index contributed by atoms with van der Waals surface area (Å²) >= 11 is 0. The Hall–Kier alpha value is -1.84. The molecule has 4 heteroatoms. The number of benzene rings is 1. The predicted molar refractivity (Wildman–Crippen MR) is 90.1 cm³/mol. The minimum atomic E-state index is 0.0931. The van der Waals surface area contributed by atoms with Crippen molar-refractivity contribution in [3.8, 4) is 0 Å². The van der Waals surface area contributed by atoms with E-state index < -0.39 is 0 Å². The summed E-state index contributed by atoms with van der Waals surface area (Å²) in [6.45, 7) is 2.25. The van der Waals surface area contributed by atoms with Crippen LogP contribution in [0.25, 0.3) is 0 Å². The Morgan fingerprint density at radius 1 is 1.32 bits per heavy atom. The molecule has 2 fully saturated rings. The summed E-state index contributed by atoms with van der Waals surface area (Å²) in [6.07, 6.45) is 6.63. The molecule has 0 spiro atoms. The SMILES string of the molecule is CN(C)c1ccc(/C=N\NC(=O)[C@H]2[C@H]3CCCC[C@@]32C)cc1. The van der Waals surface area contributed by atoms with Crippen LogP contribution in [-0.2, 0) is 4.79 Å². The molecule has 0 aliphatic heterocycles. The lowest BCUT2D eigenvalue weighted by molar-refractivity contribution is -0.123. The topological polar surface area (TPSA) is 44.7 Å². The predicted octanol–water partition coefficient (Wildman–Crippen LogP) is 3.03. The number of carbonyl (C=O) groups excluding carboxylic acids is 1. The molecule has 0 saturated heterocycles. The maximum Gasteiger partial charge on any atom is 0.244 e. The van der Waals surface area contributed by atoms with Gasteiger partial charge in [0, 0.05) is 25.7 Å². The first kappa shape index (κ1) is 15.1. The molecule has 0 heterocycles. The maximum atomic E-state index is 12.3. The minimum Gasteiger partial charge on any atom is -0.378 e. The first-order valence-corrected chi connectivity index (χ1v) is 8.13. The number of carbonyl (C=O) groups is 1. The number of hydrogen-bond acceptors (Lipinski definition) is 3. The van der Waals surface area contributed by atoms with Gasteiger partial charge in [0.2, 0.25) is 5.91 Å². The van der Waals surface area contributed by atoms with Gasteiger partial charge in [-0.15, -0.1) is 0 Å². The lowest BCUT2D eigenvalue weighted by atomic mass is 9.90. The Balaban J connectivity index is 1.55. The molecule has 2 saturated carbocycles. The molecule has 0 unspecified atom stereocenters. The Morgan fingerprint density at radius 2 is 2.05 bits per heavy atom. The first-order chi connectivity index (χ1) is 10.5. The highest BCUT2D eigenvalue weighted by Gasteiger charge is 2.64. The minimum absolute atomic E-state index is 0.0931. The van der Waals surface area contributed by atoms with Crippen molar-refractivity contribution in [2.45, 2.75) is 32.6 Å². The largest absolute Gasteiger partial charge is 0.378 e. The van der Waals surface area contributed by atoms with Gasteiger partial charge >= 0.3 is 0 Å². The van der Waals surface area contributed by atoms with Gasteiger partial charge in [-0.3, -0.25) is 4.79 Å². The molecule has 1 amide bonds. The maximum absolute atomic E-state index is 12.3. The molecule has 3 atom stereocenters. The van der Waals surface area contributed by atoms with Crippen LogP contribution in [0.5, 0.6) is 0 Å². The molecule has 1 N–H and O–H groups in total. The summed E-state index contributed by atoms with van der Waals surface area (Å²) in [4.78, 5) is 14.3. The fourth-order valence-electron chi connectivity index (χ4n) is 3.95. The average Bonchev–Trinajstić information content (AvgIpc) is 3.13. The van der Waals surface area contributed by atoms with E-state index in [1.165, 1.54) is 25.7 Å². The molecule has 1 aromatic rings. The van der Waals surface area contributed by atoms with Gasteiger partial charge in [0.05, 0.1) is 6.21 Å². The second-order valence-electron chi connectivity index (χ2n) is 7.06. The van der Waals surface area contributed by atoms with Gasteiger partial charge in [-0.25, -0.2) is 5.43 Å². The smallest absolute Gasteiger partial charge is 0.244 e. The summed E-state index contributed by atoms with van der Waals surface area (Å²) in [5.74, 6) is 0.842. The molecule has 22 heavy (non-hydrogen) atoms. The van der Waals surface area contributed by atoms with Crippen molar-refractivity contribution in [3.63, 3.8) is 0 Å². The third-order valence-corrected chi connectivity index (χ3v) is 5.41. The number of anilines is 1. The zero-order valence-electron chi connectivity index (χ0n) is 13.7. The third kappa shape index (κ3) is 2.74. The van der Waals surface area contributed by atoms with Gasteiger partial charge < -0.3 is 4.90 Å². The highest BCUT2D eigenvalue weighted by atomic mass is 16.2. The Morgan fingerprint density at radius 3 is 2.64 bits per heavy atom. The summed E-state index contributed by atoms with van der Waals surface area (Å²) in [5, 5.41) is 4.13. The van der Waals surface area contributed by atoms with Crippen LogP contribution in [0, 0.1) is 17.3 Å². The number of rotatable bonds is 4. The molecule has 0 bridgehead atoms. The summed E-state index contributed by atoms with van der Waals surface area (Å²) in [6, 6.07) is 8.09.